The Bertz CT molecular complexity index is 657. The molecule has 6 heteroatoms. The van der Waals surface area contributed by atoms with Crippen LogP contribution in [-0.4, -0.2) is 32.9 Å². The molecule has 0 unspecified atom stereocenters. The molecule has 3 N–H and O–H groups in total. The molecular formula is C17H20O6. The van der Waals surface area contributed by atoms with Crippen molar-refractivity contribution < 1.29 is 29.7 Å². The van der Waals surface area contributed by atoms with Gasteiger partial charge in [0.15, 0.2) is 23.1 Å². The Labute approximate surface area is 134 Å². The summed E-state index contributed by atoms with van der Waals surface area (Å²) in [7, 11) is 0. The molecule has 124 valence electrons. The first kappa shape index (κ1) is 18.4. The van der Waals surface area contributed by atoms with Gasteiger partial charge in [-0.05, 0) is 30.5 Å². The molecule has 1 rings (SSSR count). The maximum Gasteiger partial charge on any atom is 0.340 e. The maximum absolute atomic E-state index is 12.4. The molecule has 0 saturated heterocycles. The highest BCUT2D eigenvalue weighted by atomic mass is 16.4. The van der Waals surface area contributed by atoms with Crippen LogP contribution < -0.4 is 0 Å². The van der Waals surface area contributed by atoms with Gasteiger partial charge in [-0.15, -0.1) is 0 Å². The van der Waals surface area contributed by atoms with Crippen molar-refractivity contribution in [3.8, 4) is 11.5 Å². The van der Waals surface area contributed by atoms with Gasteiger partial charge < -0.3 is 15.3 Å². The minimum Gasteiger partial charge on any atom is -0.504 e. The normalized spacial score (nSPS) is 11.7. The van der Waals surface area contributed by atoms with Gasteiger partial charge >= 0.3 is 5.97 Å². The monoisotopic (exact) mass is 320 g/mol. The number of rotatable bonds is 8. The molecule has 0 aliphatic carbocycles. The lowest BCUT2D eigenvalue weighted by atomic mass is 9.90. The van der Waals surface area contributed by atoms with Crippen molar-refractivity contribution in [2.24, 2.45) is 0 Å². The van der Waals surface area contributed by atoms with E-state index in [1.807, 2.05) is 0 Å². The van der Waals surface area contributed by atoms with Crippen LogP contribution in [0.15, 0.2) is 23.8 Å². The van der Waals surface area contributed by atoms with Crippen LogP contribution in [0, 0.1) is 0 Å². The number of benzene rings is 1. The van der Waals surface area contributed by atoms with Crippen molar-refractivity contribution in [2.75, 3.05) is 0 Å². The van der Waals surface area contributed by atoms with Gasteiger partial charge in [-0.25, -0.2) is 4.79 Å². The molecule has 1 aromatic carbocycles. The SMILES string of the molecule is CCCC(=O)/C(C(=O)O)=C(/C(=O)CCC)c1ccc(O)c(O)c1. The Balaban J connectivity index is 3.62. The number of carboxylic acid groups (broad SMARTS) is 1. The van der Waals surface area contributed by atoms with Crippen LogP contribution in [0.1, 0.15) is 45.1 Å². The Kier molecular flexibility index (Phi) is 6.50. The third kappa shape index (κ3) is 4.42. The van der Waals surface area contributed by atoms with Crippen molar-refractivity contribution in [3.63, 3.8) is 0 Å². The fourth-order valence-corrected chi connectivity index (χ4v) is 2.19. The van der Waals surface area contributed by atoms with E-state index < -0.39 is 34.6 Å². The molecule has 0 amide bonds. The zero-order valence-electron chi connectivity index (χ0n) is 13.1. The lowest BCUT2D eigenvalue weighted by Crippen LogP contribution is -2.18. The minimum atomic E-state index is -1.48. The number of allylic oxidation sites excluding steroid dienone is 1. The van der Waals surface area contributed by atoms with Crippen molar-refractivity contribution in [3.05, 3.63) is 29.3 Å². The first-order chi connectivity index (χ1) is 10.8. The molecule has 0 fully saturated rings. The lowest BCUT2D eigenvalue weighted by Gasteiger charge is -2.12. The smallest absolute Gasteiger partial charge is 0.340 e. The highest BCUT2D eigenvalue weighted by molar-refractivity contribution is 6.35. The molecule has 0 heterocycles. The predicted molar refractivity (Wildman–Crippen MR) is 84.2 cm³/mol. The largest absolute Gasteiger partial charge is 0.504 e. The summed E-state index contributed by atoms with van der Waals surface area (Å²) < 4.78 is 0. The quantitative estimate of drug-likeness (QED) is 0.294. The van der Waals surface area contributed by atoms with E-state index in [2.05, 4.69) is 0 Å². The molecule has 0 aromatic heterocycles. The van der Waals surface area contributed by atoms with E-state index >= 15 is 0 Å². The molecule has 0 aliphatic rings. The molecule has 0 radical (unpaired) electrons. The number of hydrogen-bond donors (Lipinski definition) is 3. The predicted octanol–water partition coefficient (Wildman–Crippen LogP) is 2.67. The molecular weight excluding hydrogens is 300 g/mol. The molecule has 0 bridgehead atoms. The summed E-state index contributed by atoms with van der Waals surface area (Å²) in [6, 6.07) is 3.54. The summed E-state index contributed by atoms with van der Waals surface area (Å²) in [4.78, 5) is 36.1. The van der Waals surface area contributed by atoms with Crippen LogP contribution in [0.5, 0.6) is 11.5 Å². The fraction of sp³-hybridized carbons (Fsp3) is 0.353. The number of phenols is 2. The standard InChI is InChI=1S/C17H20O6/c1-3-5-12(19)15(10-7-8-11(18)14(21)9-10)16(17(22)23)13(20)6-4-2/h7-9,18,21H,3-6H2,1-2H3,(H,22,23)/b16-15-. The van der Waals surface area contributed by atoms with Crippen LogP contribution in [-0.2, 0) is 14.4 Å². The van der Waals surface area contributed by atoms with Crippen LogP contribution in [0.25, 0.3) is 5.57 Å². The molecule has 0 atom stereocenters. The lowest BCUT2D eigenvalue weighted by molar-refractivity contribution is -0.134. The number of carbonyl (C=O) groups excluding carboxylic acids is 2. The molecule has 0 aliphatic heterocycles. The summed E-state index contributed by atoms with van der Waals surface area (Å²) in [6.45, 7) is 3.50. The molecule has 0 saturated carbocycles. The number of aromatic hydroxyl groups is 2. The highest BCUT2D eigenvalue weighted by Gasteiger charge is 2.27. The van der Waals surface area contributed by atoms with Gasteiger partial charge in [0.05, 0.1) is 0 Å². The zero-order valence-corrected chi connectivity index (χ0v) is 13.1. The van der Waals surface area contributed by atoms with E-state index in [9.17, 15) is 29.7 Å². The average molecular weight is 320 g/mol. The van der Waals surface area contributed by atoms with Gasteiger partial charge in [-0.2, -0.15) is 0 Å². The minimum absolute atomic E-state index is 0.00854. The number of hydrogen-bond acceptors (Lipinski definition) is 5. The van der Waals surface area contributed by atoms with E-state index in [1.165, 1.54) is 6.07 Å². The fourth-order valence-electron chi connectivity index (χ4n) is 2.19. The van der Waals surface area contributed by atoms with Gasteiger partial charge in [-0.1, -0.05) is 19.9 Å². The van der Waals surface area contributed by atoms with E-state index in [0.717, 1.165) is 12.1 Å². The summed E-state index contributed by atoms with van der Waals surface area (Å²) in [6.07, 6.45) is 1.02. The molecule has 23 heavy (non-hydrogen) atoms. The van der Waals surface area contributed by atoms with Crippen LogP contribution in [0.3, 0.4) is 0 Å². The van der Waals surface area contributed by atoms with Gasteiger partial charge in [0.2, 0.25) is 0 Å². The Morgan fingerprint density at radius 2 is 1.48 bits per heavy atom. The second kappa shape index (κ2) is 8.12. The Morgan fingerprint density at radius 3 is 1.96 bits per heavy atom. The first-order valence-electron chi connectivity index (χ1n) is 7.39. The topological polar surface area (TPSA) is 112 Å². The Hall–Kier alpha value is -2.63. The van der Waals surface area contributed by atoms with Crippen molar-refractivity contribution in [1.82, 2.24) is 0 Å². The zero-order chi connectivity index (χ0) is 17.6. The van der Waals surface area contributed by atoms with Crippen molar-refractivity contribution in [1.29, 1.82) is 0 Å². The number of ketones is 2. The second-order valence-electron chi connectivity index (χ2n) is 5.10. The molecule has 0 spiro atoms. The van der Waals surface area contributed by atoms with Gasteiger partial charge in [-0.3, -0.25) is 9.59 Å². The van der Waals surface area contributed by atoms with Gasteiger partial charge in [0.1, 0.15) is 5.57 Å². The summed E-state index contributed by atoms with van der Waals surface area (Å²) in [5.74, 6) is -3.48. The van der Waals surface area contributed by atoms with Crippen molar-refractivity contribution >= 4 is 23.1 Å². The summed E-state index contributed by atoms with van der Waals surface area (Å²) >= 11 is 0. The maximum atomic E-state index is 12.4. The van der Waals surface area contributed by atoms with E-state index in [1.54, 1.807) is 13.8 Å². The summed E-state index contributed by atoms with van der Waals surface area (Å²) in [5.41, 5.74) is -0.705. The number of Topliss-reactive ketones (excluding diaryl/α,β-unsaturated/α-hetero) is 2. The van der Waals surface area contributed by atoms with E-state index in [-0.39, 0.29) is 24.0 Å². The molecule has 6 nitrogen and oxygen atoms in total. The van der Waals surface area contributed by atoms with Crippen LogP contribution in [0.4, 0.5) is 0 Å². The molecule has 1 aromatic rings. The second-order valence-corrected chi connectivity index (χ2v) is 5.10. The van der Waals surface area contributed by atoms with Gasteiger partial charge in [0.25, 0.3) is 0 Å². The highest BCUT2D eigenvalue weighted by Crippen LogP contribution is 2.31. The van der Waals surface area contributed by atoms with Crippen LogP contribution >= 0.6 is 0 Å². The number of carboxylic acids is 1. The number of carbonyl (C=O) groups is 3. The third-order valence-corrected chi connectivity index (χ3v) is 3.24. The van der Waals surface area contributed by atoms with E-state index in [4.69, 9.17) is 0 Å². The third-order valence-electron chi connectivity index (χ3n) is 3.24. The van der Waals surface area contributed by atoms with Gasteiger partial charge in [0, 0.05) is 18.4 Å². The summed E-state index contributed by atoms with van der Waals surface area (Å²) in [5, 5.41) is 28.4. The average Bonchev–Trinajstić information content (AvgIpc) is 2.47. The van der Waals surface area contributed by atoms with Crippen molar-refractivity contribution in [2.45, 2.75) is 39.5 Å². The number of aliphatic carboxylic acids is 1. The van der Waals surface area contributed by atoms with E-state index in [0.29, 0.717) is 12.8 Å². The van der Waals surface area contributed by atoms with Crippen LogP contribution in [0.2, 0.25) is 0 Å². The first-order valence-corrected chi connectivity index (χ1v) is 7.39. The number of phenolic OH excluding ortho intramolecular Hbond substituents is 2. The Morgan fingerprint density at radius 1 is 0.913 bits per heavy atom.